The molecule has 0 heterocycles. The van der Waals surface area contributed by atoms with Crippen LogP contribution in [0.3, 0.4) is 0 Å². The fourth-order valence-corrected chi connectivity index (χ4v) is 0.895. The lowest BCUT2D eigenvalue weighted by Gasteiger charge is -2.22. The van der Waals surface area contributed by atoms with Gasteiger partial charge in [0.05, 0.1) is 18.7 Å². The van der Waals surface area contributed by atoms with Gasteiger partial charge in [-0.15, -0.1) is 0 Å². The molecule has 0 saturated carbocycles. The van der Waals surface area contributed by atoms with E-state index in [4.69, 9.17) is 10.5 Å². The largest absolute Gasteiger partial charge is 0.383 e. The molecule has 0 saturated heterocycles. The Hall–Kier alpha value is -0.610. The SMILES string of the molecule is COCC(NC(=O)[C@H](C)N)C(C)C. The summed E-state index contributed by atoms with van der Waals surface area (Å²) in [6.07, 6.45) is 0. The van der Waals surface area contributed by atoms with Crippen LogP contribution in [0.25, 0.3) is 0 Å². The van der Waals surface area contributed by atoms with Gasteiger partial charge in [0.1, 0.15) is 0 Å². The molecule has 1 amide bonds. The molecule has 0 fully saturated rings. The number of methoxy groups -OCH3 is 1. The van der Waals surface area contributed by atoms with Gasteiger partial charge in [0.2, 0.25) is 5.91 Å². The summed E-state index contributed by atoms with van der Waals surface area (Å²) < 4.78 is 4.99. The van der Waals surface area contributed by atoms with E-state index >= 15 is 0 Å². The van der Waals surface area contributed by atoms with Crippen molar-refractivity contribution in [1.29, 1.82) is 0 Å². The van der Waals surface area contributed by atoms with Crippen molar-refractivity contribution in [2.75, 3.05) is 13.7 Å². The molecular formula is C9H20N2O2. The highest BCUT2D eigenvalue weighted by Crippen LogP contribution is 2.01. The Morgan fingerprint density at radius 1 is 1.46 bits per heavy atom. The van der Waals surface area contributed by atoms with Gasteiger partial charge in [0.25, 0.3) is 0 Å². The maximum Gasteiger partial charge on any atom is 0.236 e. The van der Waals surface area contributed by atoms with Crippen molar-refractivity contribution in [2.24, 2.45) is 11.7 Å². The molecule has 78 valence electrons. The first kappa shape index (κ1) is 12.4. The Morgan fingerprint density at radius 3 is 2.31 bits per heavy atom. The van der Waals surface area contributed by atoms with Crippen LogP contribution >= 0.6 is 0 Å². The van der Waals surface area contributed by atoms with Gasteiger partial charge in [-0.25, -0.2) is 0 Å². The monoisotopic (exact) mass is 188 g/mol. The molecule has 4 nitrogen and oxygen atoms in total. The van der Waals surface area contributed by atoms with E-state index in [9.17, 15) is 4.79 Å². The minimum atomic E-state index is -0.460. The van der Waals surface area contributed by atoms with Crippen molar-refractivity contribution in [3.63, 3.8) is 0 Å². The Bertz CT molecular complexity index is 158. The molecule has 0 radical (unpaired) electrons. The minimum Gasteiger partial charge on any atom is -0.383 e. The third-order valence-corrected chi connectivity index (χ3v) is 1.89. The van der Waals surface area contributed by atoms with Crippen molar-refractivity contribution < 1.29 is 9.53 Å². The molecule has 0 aromatic rings. The summed E-state index contributed by atoms with van der Waals surface area (Å²) in [5.41, 5.74) is 5.43. The third kappa shape index (κ3) is 4.85. The minimum absolute atomic E-state index is 0.0449. The molecule has 0 aliphatic carbocycles. The molecule has 0 spiro atoms. The lowest BCUT2D eigenvalue weighted by Crippen LogP contribution is -2.47. The van der Waals surface area contributed by atoms with E-state index in [1.54, 1.807) is 14.0 Å². The molecule has 2 atom stereocenters. The summed E-state index contributed by atoms with van der Waals surface area (Å²) >= 11 is 0. The van der Waals surface area contributed by atoms with Crippen molar-refractivity contribution in [1.82, 2.24) is 5.32 Å². The highest BCUT2D eigenvalue weighted by atomic mass is 16.5. The van der Waals surface area contributed by atoms with E-state index in [0.29, 0.717) is 12.5 Å². The van der Waals surface area contributed by atoms with E-state index in [1.807, 2.05) is 13.8 Å². The summed E-state index contributed by atoms with van der Waals surface area (Å²) in [4.78, 5) is 11.2. The zero-order chi connectivity index (χ0) is 10.4. The van der Waals surface area contributed by atoms with Gasteiger partial charge in [-0.1, -0.05) is 13.8 Å². The summed E-state index contributed by atoms with van der Waals surface area (Å²) in [6, 6.07) is -0.415. The van der Waals surface area contributed by atoms with Crippen LogP contribution in [-0.4, -0.2) is 31.7 Å². The predicted octanol–water partition coefficient (Wildman–Crippen LogP) is 0.121. The quantitative estimate of drug-likeness (QED) is 0.644. The molecule has 0 aliphatic rings. The molecular weight excluding hydrogens is 168 g/mol. The van der Waals surface area contributed by atoms with Crippen molar-refractivity contribution in [3.05, 3.63) is 0 Å². The summed E-state index contributed by atoms with van der Waals surface area (Å²) in [5, 5.41) is 2.83. The smallest absolute Gasteiger partial charge is 0.236 e. The zero-order valence-corrected chi connectivity index (χ0v) is 8.83. The van der Waals surface area contributed by atoms with Gasteiger partial charge in [0.15, 0.2) is 0 Å². The van der Waals surface area contributed by atoms with Gasteiger partial charge in [0, 0.05) is 7.11 Å². The number of carbonyl (C=O) groups is 1. The number of nitrogens with one attached hydrogen (secondary N) is 1. The maximum absolute atomic E-state index is 11.2. The topological polar surface area (TPSA) is 64.3 Å². The van der Waals surface area contributed by atoms with Crippen molar-refractivity contribution in [2.45, 2.75) is 32.9 Å². The van der Waals surface area contributed by atoms with Crippen LogP contribution in [0.15, 0.2) is 0 Å². The number of carbonyl (C=O) groups excluding carboxylic acids is 1. The van der Waals surface area contributed by atoms with Gasteiger partial charge in [-0.05, 0) is 12.8 Å². The van der Waals surface area contributed by atoms with E-state index in [0.717, 1.165) is 0 Å². The first-order valence-electron chi connectivity index (χ1n) is 4.54. The number of hydrogen-bond donors (Lipinski definition) is 2. The van der Waals surface area contributed by atoms with Crippen LogP contribution in [0.1, 0.15) is 20.8 Å². The maximum atomic E-state index is 11.2. The normalized spacial score (nSPS) is 15.5. The van der Waals surface area contributed by atoms with Crippen LogP contribution < -0.4 is 11.1 Å². The van der Waals surface area contributed by atoms with Gasteiger partial charge < -0.3 is 15.8 Å². The number of rotatable bonds is 5. The number of ether oxygens (including phenoxy) is 1. The lowest BCUT2D eigenvalue weighted by molar-refractivity contribution is -0.123. The Morgan fingerprint density at radius 2 is 2.00 bits per heavy atom. The second kappa shape index (κ2) is 5.94. The second-order valence-corrected chi connectivity index (χ2v) is 3.60. The van der Waals surface area contributed by atoms with Gasteiger partial charge in [-0.3, -0.25) is 4.79 Å². The number of hydrogen-bond acceptors (Lipinski definition) is 3. The molecule has 0 rings (SSSR count). The Balaban J connectivity index is 4.02. The van der Waals surface area contributed by atoms with Crippen LogP contribution in [-0.2, 0) is 9.53 Å². The third-order valence-electron chi connectivity index (χ3n) is 1.89. The second-order valence-electron chi connectivity index (χ2n) is 3.60. The summed E-state index contributed by atoms with van der Waals surface area (Å²) in [5.74, 6) is 0.221. The highest BCUT2D eigenvalue weighted by Gasteiger charge is 2.17. The number of nitrogens with two attached hydrogens (primary N) is 1. The molecule has 0 aliphatic heterocycles. The fourth-order valence-electron chi connectivity index (χ4n) is 0.895. The van der Waals surface area contributed by atoms with E-state index < -0.39 is 6.04 Å². The van der Waals surface area contributed by atoms with Crippen LogP contribution in [0, 0.1) is 5.92 Å². The highest BCUT2D eigenvalue weighted by molar-refractivity contribution is 5.81. The zero-order valence-electron chi connectivity index (χ0n) is 8.83. The number of amides is 1. The molecule has 4 heteroatoms. The molecule has 3 N–H and O–H groups in total. The average molecular weight is 188 g/mol. The summed E-state index contributed by atoms with van der Waals surface area (Å²) in [6.45, 7) is 6.26. The first-order valence-corrected chi connectivity index (χ1v) is 4.54. The first-order chi connectivity index (χ1) is 5.99. The van der Waals surface area contributed by atoms with Crippen molar-refractivity contribution >= 4 is 5.91 Å². The Labute approximate surface area is 79.8 Å². The van der Waals surface area contributed by atoms with E-state index in [-0.39, 0.29) is 11.9 Å². The van der Waals surface area contributed by atoms with E-state index in [1.165, 1.54) is 0 Å². The predicted molar refractivity (Wildman–Crippen MR) is 52.3 cm³/mol. The van der Waals surface area contributed by atoms with Crippen LogP contribution in [0.4, 0.5) is 0 Å². The lowest BCUT2D eigenvalue weighted by atomic mass is 10.1. The molecule has 1 unspecified atom stereocenters. The molecule has 0 aromatic heterocycles. The Kier molecular flexibility index (Phi) is 5.66. The van der Waals surface area contributed by atoms with Gasteiger partial charge in [-0.2, -0.15) is 0 Å². The average Bonchev–Trinajstić information content (AvgIpc) is 2.03. The fraction of sp³-hybridized carbons (Fsp3) is 0.889. The standard InChI is InChI=1S/C9H20N2O2/c1-6(2)8(5-13-4)11-9(12)7(3)10/h6-8H,5,10H2,1-4H3,(H,11,12)/t7-,8?/m0/s1. The summed E-state index contributed by atoms with van der Waals surface area (Å²) in [7, 11) is 1.62. The molecule has 0 bridgehead atoms. The van der Waals surface area contributed by atoms with Crippen molar-refractivity contribution in [3.8, 4) is 0 Å². The van der Waals surface area contributed by atoms with Crippen LogP contribution in [0.5, 0.6) is 0 Å². The molecule has 0 aromatic carbocycles. The van der Waals surface area contributed by atoms with E-state index in [2.05, 4.69) is 5.32 Å². The van der Waals surface area contributed by atoms with Crippen LogP contribution in [0.2, 0.25) is 0 Å². The van der Waals surface area contributed by atoms with Gasteiger partial charge >= 0.3 is 0 Å². The molecule has 13 heavy (non-hydrogen) atoms.